The van der Waals surface area contributed by atoms with Crippen LogP contribution >= 0.6 is 0 Å². The van der Waals surface area contributed by atoms with Crippen LogP contribution in [0.15, 0.2) is 12.1 Å². The Kier molecular flexibility index (Phi) is 4.13. The average Bonchev–Trinajstić information content (AvgIpc) is 3.09. The summed E-state index contributed by atoms with van der Waals surface area (Å²) in [4.78, 5) is 10.3. The van der Waals surface area contributed by atoms with Crippen molar-refractivity contribution in [2.75, 3.05) is 13.2 Å². The number of phenolic OH excluding ortho intramolecular Hbond substituents is 3. The Morgan fingerprint density at radius 2 is 1.76 bits per heavy atom. The molecule has 0 radical (unpaired) electrons. The van der Waals surface area contributed by atoms with E-state index in [0.29, 0.717) is 0 Å². The van der Waals surface area contributed by atoms with Gasteiger partial charge >= 0.3 is 5.97 Å². The molecule has 5 N–H and O–H groups in total. The van der Waals surface area contributed by atoms with Crippen molar-refractivity contribution in [3.8, 4) is 17.2 Å². The molecule has 1 aromatic rings. The summed E-state index contributed by atoms with van der Waals surface area (Å²) in [7, 11) is 0. The normalized spacial score (nSPS) is 16.9. The van der Waals surface area contributed by atoms with Gasteiger partial charge in [-0.2, -0.15) is 0 Å². The molecule has 7 heteroatoms. The van der Waals surface area contributed by atoms with E-state index in [1.165, 1.54) is 0 Å². The third-order valence-electron chi connectivity index (χ3n) is 1.92. The highest BCUT2D eigenvalue weighted by atomic mass is 16.6. The lowest BCUT2D eigenvalue weighted by molar-refractivity contribution is 0.0696. The largest absolute Gasteiger partial charge is 0.504 e. The van der Waals surface area contributed by atoms with E-state index in [1.807, 2.05) is 0 Å². The standard InChI is InChI=1S/C7H6O5.C3H6O2/c8-4-1-3(7(11)12)2-5(9)6(4)10;4-1-3-2-5-3/h1-2,8-10H,(H,11,12);3-4H,1-2H2. The smallest absolute Gasteiger partial charge is 0.335 e. The van der Waals surface area contributed by atoms with Crippen LogP contribution < -0.4 is 0 Å². The van der Waals surface area contributed by atoms with E-state index in [9.17, 15) is 4.79 Å². The van der Waals surface area contributed by atoms with Gasteiger partial charge in [-0.25, -0.2) is 4.79 Å². The highest BCUT2D eigenvalue weighted by molar-refractivity contribution is 5.89. The van der Waals surface area contributed by atoms with E-state index in [1.54, 1.807) is 0 Å². The lowest BCUT2D eigenvalue weighted by Gasteiger charge is -2.01. The van der Waals surface area contributed by atoms with E-state index in [2.05, 4.69) is 4.74 Å². The Balaban J connectivity index is 0.000000239. The molecule has 1 aromatic carbocycles. The predicted octanol–water partition coefficient (Wildman–Crippen LogP) is -0.121. The zero-order valence-corrected chi connectivity index (χ0v) is 8.70. The van der Waals surface area contributed by atoms with E-state index >= 15 is 0 Å². The molecule has 0 spiro atoms. The van der Waals surface area contributed by atoms with E-state index in [-0.39, 0.29) is 18.3 Å². The van der Waals surface area contributed by atoms with Crippen molar-refractivity contribution in [1.29, 1.82) is 0 Å². The van der Waals surface area contributed by atoms with Gasteiger partial charge in [0.2, 0.25) is 0 Å². The van der Waals surface area contributed by atoms with Crippen molar-refractivity contribution in [3.63, 3.8) is 0 Å². The van der Waals surface area contributed by atoms with Crippen LogP contribution in [0.4, 0.5) is 0 Å². The van der Waals surface area contributed by atoms with Crippen LogP contribution in [0.25, 0.3) is 0 Å². The first-order chi connectivity index (χ1) is 7.95. The number of aromatic carboxylic acids is 1. The van der Waals surface area contributed by atoms with Crippen LogP contribution in [-0.4, -0.2) is 50.8 Å². The number of carboxylic acid groups (broad SMARTS) is 1. The Bertz CT molecular complexity index is 388. The fourth-order valence-corrected chi connectivity index (χ4v) is 0.901. The van der Waals surface area contributed by atoms with Crippen molar-refractivity contribution in [2.24, 2.45) is 0 Å². The molecule has 7 nitrogen and oxygen atoms in total. The molecule has 0 bridgehead atoms. The summed E-state index contributed by atoms with van der Waals surface area (Å²) in [5.74, 6) is -3.33. The Morgan fingerprint density at radius 3 is 2.00 bits per heavy atom. The fourth-order valence-electron chi connectivity index (χ4n) is 0.901. The van der Waals surface area contributed by atoms with E-state index < -0.39 is 23.2 Å². The summed E-state index contributed by atoms with van der Waals surface area (Å²) in [6, 6.07) is 1.69. The number of aliphatic hydroxyl groups excluding tert-OH is 1. The molecule has 2 rings (SSSR count). The molecule has 0 aliphatic carbocycles. The number of epoxide rings is 1. The number of benzene rings is 1. The summed E-state index contributed by atoms with van der Waals surface area (Å²) in [6.45, 7) is 0.955. The van der Waals surface area contributed by atoms with Gasteiger partial charge in [-0.05, 0) is 12.1 Å². The van der Waals surface area contributed by atoms with Gasteiger partial charge in [-0.3, -0.25) is 0 Å². The second kappa shape index (κ2) is 5.37. The highest BCUT2D eigenvalue weighted by Crippen LogP contribution is 2.35. The van der Waals surface area contributed by atoms with Crippen molar-refractivity contribution in [1.82, 2.24) is 0 Å². The van der Waals surface area contributed by atoms with E-state index in [4.69, 9.17) is 25.5 Å². The van der Waals surface area contributed by atoms with Gasteiger partial charge < -0.3 is 30.3 Å². The van der Waals surface area contributed by atoms with Crippen molar-refractivity contribution >= 4 is 5.97 Å². The van der Waals surface area contributed by atoms with Crippen LogP contribution in [0.3, 0.4) is 0 Å². The molecule has 1 atom stereocenters. The monoisotopic (exact) mass is 244 g/mol. The Labute approximate surface area is 96.1 Å². The first kappa shape index (κ1) is 13.1. The topological polar surface area (TPSA) is 131 Å². The SMILES string of the molecule is O=C(O)c1cc(O)c(O)c(O)c1.OCC1CO1. The second-order valence-electron chi connectivity index (χ2n) is 3.31. The summed E-state index contributed by atoms with van der Waals surface area (Å²) in [5.41, 5.74) is -0.289. The molecular formula is C10H12O7. The van der Waals surface area contributed by atoms with Gasteiger partial charge in [0.15, 0.2) is 17.2 Å². The molecule has 0 aromatic heterocycles. The molecule has 0 amide bonds. The average molecular weight is 244 g/mol. The van der Waals surface area contributed by atoms with Gasteiger partial charge in [0.1, 0.15) is 6.10 Å². The fraction of sp³-hybridized carbons (Fsp3) is 0.300. The zero-order chi connectivity index (χ0) is 13.0. The lowest BCUT2D eigenvalue weighted by Crippen LogP contribution is -1.95. The minimum atomic E-state index is -1.29. The van der Waals surface area contributed by atoms with Gasteiger partial charge in [-0.15, -0.1) is 0 Å². The number of rotatable bonds is 2. The summed E-state index contributed by atoms with van der Waals surface area (Å²) < 4.78 is 4.61. The number of aliphatic hydroxyl groups is 1. The molecule has 0 saturated carbocycles. The number of carbonyl (C=O) groups is 1. The number of hydrogen-bond donors (Lipinski definition) is 5. The van der Waals surface area contributed by atoms with Crippen molar-refractivity contribution < 1.29 is 35.1 Å². The number of aromatic hydroxyl groups is 3. The first-order valence-corrected chi connectivity index (χ1v) is 4.66. The summed E-state index contributed by atoms with van der Waals surface area (Å²) in [6.07, 6.45) is 0.190. The molecule has 1 aliphatic heterocycles. The Morgan fingerprint density at radius 1 is 1.29 bits per heavy atom. The first-order valence-electron chi connectivity index (χ1n) is 4.66. The maximum atomic E-state index is 10.3. The third kappa shape index (κ3) is 3.82. The van der Waals surface area contributed by atoms with Gasteiger partial charge in [0.05, 0.1) is 18.8 Å². The van der Waals surface area contributed by atoms with Crippen LogP contribution in [0.1, 0.15) is 10.4 Å². The van der Waals surface area contributed by atoms with Crippen LogP contribution in [0, 0.1) is 0 Å². The second-order valence-corrected chi connectivity index (χ2v) is 3.31. The van der Waals surface area contributed by atoms with Gasteiger partial charge in [0, 0.05) is 0 Å². The van der Waals surface area contributed by atoms with Crippen molar-refractivity contribution in [3.05, 3.63) is 17.7 Å². The van der Waals surface area contributed by atoms with E-state index in [0.717, 1.165) is 18.7 Å². The number of ether oxygens (including phenoxy) is 1. The van der Waals surface area contributed by atoms with Gasteiger partial charge in [-0.1, -0.05) is 0 Å². The Hall–Kier alpha value is -1.99. The number of carboxylic acids is 1. The predicted molar refractivity (Wildman–Crippen MR) is 55.2 cm³/mol. The molecule has 17 heavy (non-hydrogen) atoms. The molecule has 1 heterocycles. The van der Waals surface area contributed by atoms with Crippen LogP contribution in [0.5, 0.6) is 17.2 Å². The summed E-state index contributed by atoms with van der Waals surface area (Å²) >= 11 is 0. The summed E-state index contributed by atoms with van der Waals surface area (Å²) in [5, 5.41) is 43.0. The lowest BCUT2D eigenvalue weighted by atomic mass is 10.2. The zero-order valence-electron chi connectivity index (χ0n) is 8.70. The maximum absolute atomic E-state index is 10.3. The van der Waals surface area contributed by atoms with Crippen LogP contribution in [0.2, 0.25) is 0 Å². The number of phenols is 3. The molecule has 1 aliphatic rings. The maximum Gasteiger partial charge on any atom is 0.335 e. The van der Waals surface area contributed by atoms with Crippen molar-refractivity contribution in [2.45, 2.75) is 6.10 Å². The minimum Gasteiger partial charge on any atom is -0.504 e. The molecule has 1 saturated heterocycles. The van der Waals surface area contributed by atoms with Gasteiger partial charge in [0.25, 0.3) is 0 Å². The van der Waals surface area contributed by atoms with Crippen LogP contribution in [-0.2, 0) is 4.74 Å². The molecule has 1 unspecified atom stereocenters. The highest BCUT2D eigenvalue weighted by Gasteiger charge is 2.19. The minimum absolute atomic E-state index is 0.190. The molecular weight excluding hydrogens is 232 g/mol. The molecule has 94 valence electrons. The quantitative estimate of drug-likeness (QED) is 0.362. The third-order valence-corrected chi connectivity index (χ3v) is 1.92. The number of hydrogen-bond acceptors (Lipinski definition) is 6. The molecule has 1 fully saturated rings.